The average Bonchev–Trinajstić information content (AvgIpc) is 2.30. The van der Waals surface area contributed by atoms with Crippen molar-refractivity contribution < 1.29 is 26.3 Å². The van der Waals surface area contributed by atoms with E-state index >= 15 is 0 Å². The number of nitrogens with two attached hydrogens (primary N) is 1. The molecule has 1 aromatic heterocycles. The van der Waals surface area contributed by atoms with E-state index in [1.807, 2.05) is 0 Å². The first-order valence-electron chi connectivity index (χ1n) is 3.56. The molecule has 0 fully saturated rings. The lowest BCUT2D eigenvalue weighted by Gasteiger charge is -2.21. The van der Waals surface area contributed by atoms with Crippen LogP contribution in [-0.4, -0.2) is 22.5 Å². The highest BCUT2D eigenvalue weighted by molar-refractivity contribution is 5.43. The van der Waals surface area contributed by atoms with Gasteiger partial charge in [0.25, 0.3) is 0 Å². The summed E-state index contributed by atoms with van der Waals surface area (Å²) in [6.45, 7) is 0. The fourth-order valence-electron chi connectivity index (χ4n) is 1.05. The van der Waals surface area contributed by atoms with Gasteiger partial charge in [0.15, 0.2) is 5.92 Å². The van der Waals surface area contributed by atoms with Gasteiger partial charge in [0, 0.05) is 0 Å². The van der Waals surface area contributed by atoms with Crippen molar-refractivity contribution in [3.63, 3.8) is 0 Å². The van der Waals surface area contributed by atoms with Crippen molar-refractivity contribution in [2.24, 2.45) is 0 Å². The van der Waals surface area contributed by atoms with Gasteiger partial charge in [-0.1, -0.05) is 0 Å². The van der Waals surface area contributed by atoms with Gasteiger partial charge in [-0.15, -0.1) is 0 Å². The summed E-state index contributed by atoms with van der Waals surface area (Å²) in [6, 6.07) is 0. The number of H-pyrrole nitrogens is 1. The second-order valence-corrected chi connectivity index (χ2v) is 2.76. The third kappa shape index (κ3) is 2.34. The summed E-state index contributed by atoms with van der Waals surface area (Å²) in [7, 11) is 0. The monoisotopic (exact) mass is 233 g/mol. The number of nitrogens with one attached hydrogen (secondary N) is 1. The number of nitrogens with zero attached hydrogens (tertiary/aromatic N) is 1. The first-order chi connectivity index (χ1) is 6.64. The average molecular weight is 233 g/mol. The van der Waals surface area contributed by atoms with Gasteiger partial charge in [0.1, 0.15) is 0 Å². The van der Waals surface area contributed by atoms with Crippen molar-refractivity contribution in [1.82, 2.24) is 10.2 Å². The number of aromatic amines is 1. The van der Waals surface area contributed by atoms with E-state index in [-0.39, 0.29) is 0 Å². The Morgan fingerprint density at radius 2 is 1.60 bits per heavy atom. The summed E-state index contributed by atoms with van der Waals surface area (Å²) in [5.41, 5.74) is 3.08. The predicted octanol–water partition coefficient (Wildman–Crippen LogP) is 2.20. The van der Waals surface area contributed by atoms with Gasteiger partial charge in [-0.3, -0.25) is 5.10 Å². The molecule has 0 spiro atoms. The van der Waals surface area contributed by atoms with Crippen LogP contribution in [0, 0.1) is 0 Å². The van der Waals surface area contributed by atoms with Crippen molar-refractivity contribution in [2.45, 2.75) is 18.3 Å². The molecule has 0 aliphatic heterocycles. The summed E-state index contributed by atoms with van der Waals surface area (Å²) < 4.78 is 72.8. The molecular weight excluding hydrogens is 228 g/mol. The van der Waals surface area contributed by atoms with Crippen LogP contribution in [0.1, 0.15) is 11.6 Å². The fraction of sp³-hybridized carbons (Fsp3) is 0.500. The first kappa shape index (κ1) is 11.7. The van der Waals surface area contributed by atoms with E-state index in [0.29, 0.717) is 6.20 Å². The lowest BCUT2D eigenvalue weighted by atomic mass is 10.0. The van der Waals surface area contributed by atoms with Gasteiger partial charge in [-0.2, -0.15) is 31.4 Å². The summed E-state index contributed by atoms with van der Waals surface area (Å²) in [5.74, 6) is -3.63. The van der Waals surface area contributed by atoms with Crippen LogP contribution in [0.25, 0.3) is 0 Å². The lowest BCUT2D eigenvalue weighted by molar-refractivity contribution is -0.254. The Morgan fingerprint density at radius 1 is 1.13 bits per heavy atom. The smallest absolute Gasteiger partial charge is 0.396 e. The molecule has 0 amide bonds. The Hall–Kier alpha value is -1.41. The highest BCUT2D eigenvalue weighted by Crippen LogP contribution is 2.46. The number of hydrogen-bond donors (Lipinski definition) is 2. The number of halogens is 6. The minimum atomic E-state index is -5.46. The SMILES string of the molecule is Nc1cn[nH]c1C(C(F)(F)F)C(F)(F)F. The molecule has 0 bridgehead atoms. The molecule has 3 N–H and O–H groups in total. The predicted molar refractivity (Wildman–Crippen MR) is 37.9 cm³/mol. The van der Waals surface area contributed by atoms with Crippen molar-refractivity contribution in [2.75, 3.05) is 5.73 Å². The van der Waals surface area contributed by atoms with E-state index in [1.165, 1.54) is 0 Å². The minimum absolute atomic E-state index is 0.672. The highest BCUT2D eigenvalue weighted by atomic mass is 19.4. The van der Waals surface area contributed by atoms with Crippen molar-refractivity contribution in [1.29, 1.82) is 0 Å². The third-order valence-corrected chi connectivity index (χ3v) is 1.64. The molecule has 0 atom stereocenters. The number of anilines is 1. The molecule has 1 aromatic rings. The number of rotatable bonds is 1. The van der Waals surface area contributed by atoms with Gasteiger partial charge >= 0.3 is 12.4 Å². The summed E-state index contributed by atoms with van der Waals surface area (Å²) in [4.78, 5) is 0. The van der Waals surface area contributed by atoms with E-state index in [0.717, 1.165) is 0 Å². The van der Waals surface area contributed by atoms with Crippen LogP contribution < -0.4 is 5.73 Å². The normalized spacial score (nSPS) is 13.5. The maximum absolute atomic E-state index is 12.1. The highest BCUT2D eigenvalue weighted by Gasteiger charge is 2.59. The molecule has 0 unspecified atom stereocenters. The Balaban J connectivity index is 3.20. The molecule has 3 nitrogen and oxygen atoms in total. The van der Waals surface area contributed by atoms with Crippen LogP contribution in [-0.2, 0) is 0 Å². The summed E-state index contributed by atoms with van der Waals surface area (Å²) >= 11 is 0. The van der Waals surface area contributed by atoms with E-state index in [9.17, 15) is 26.3 Å². The Bertz CT molecular complexity index is 323. The molecular formula is C6H5F6N3. The zero-order valence-electron chi connectivity index (χ0n) is 6.95. The lowest BCUT2D eigenvalue weighted by Crippen LogP contribution is -2.34. The molecule has 0 radical (unpaired) electrons. The third-order valence-electron chi connectivity index (χ3n) is 1.64. The number of alkyl halides is 6. The van der Waals surface area contributed by atoms with Crippen molar-refractivity contribution >= 4 is 5.69 Å². The Labute approximate surface area is 79.3 Å². The molecule has 0 saturated heterocycles. The van der Waals surface area contributed by atoms with Gasteiger partial charge in [0.05, 0.1) is 17.6 Å². The maximum Gasteiger partial charge on any atom is 0.406 e. The summed E-state index contributed by atoms with van der Waals surface area (Å²) in [5, 5.41) is 4.62. The topological polar surface area (TPSA) is 54.7 Å². The fourth-order valence-corrected chi connectivity index (χ4v) is 1.05. The second-order valence-electron chi connectivity index (χ2n) is 2.76. The molecule has 1 heterocycles. The molecule has 1 rings (SSSR count). The van der Waals surface area contributed by atoms with Gasteiger partial charge < -0.3 is 5.73 Å². The van der Waals surface area contributed by atoms with Gasteiger partial charge in [-0.05, 0) is 0 Å². The van der Waals surface area contributed by atoms with Crippen LogP contribution in [0.3, 0.4) is 0 Å². The van der Waals surface area contributed by atoms with E-state index in [4.69, 9.17) is 5.73 Å². The van der Waals surface area contributed by atoms with Crippen molar-refractivity contribution in [3.05, 3.63) is 11.9 Å². The first-order valence-corrected chi connectivity index (χ1v) is 3.56. The number of hydrogen-bond acceptors (Lipinski definition) is 2. The van der Waals surface area contributed by atoms with Crippen LogP contribution in [0.15, 0.2) is 6.20 Å². The standard InChI is InChI=1S/C6H5F6N3/c7-5(8,9)4(6(10,11)12)3-2(13)1-14-15-3/h1,4H,13H2,(H,14,15). The number of aromatic nitrogens is 2. The van der Waals surface area contributed by atoms with Gasteiger partial charge in [-0.25, -0.2) is 0 Å². The molecule has 0 aliphatic carbocycles. The summed E-state index contributed by atoms with van der Waals surface area (Å²) in [6.07, 6.45) is -10.2. The van der Waals surface area contributed by atoms with E-state index in [2.05, 4.69) is 5.10 Å². The largest absolute Gasteiger partial charge is 0.406 e. The Morgan fingerprint density at radius 3 is 1.87 bits per heavy atom. The Kier molecular flexibility index (Phi) is 2.58. The number of nitrogen functional groups attached to an aromatic ring is 1. The zero-order valence-corrected chi connectivity index (χ0v) is 6.95. The minimum Gasteiger partial charge on any atom is -0.396 e. The molecule has 0 aliphatic rings. The maximum atomic E-state index is 12.1. The van der Waals surface area contributed by atoms with Crippen LogP contribution in [0.2, 0.25) is 0 Å². The molecule has 86 valence electrons. The molecule has 0 aromatic carbocycles. The van der Waals surface area contributed by atoms with Crippen molar-refractivity contribution in [3.8, 4) is 0 Å². The zero-order chi connectivity index (χ0) is 11.9. The van der Waals surface area contributed by atoms with Crippen LogP contribution >= 0.6 is 0 Å². The molecule has 9 heteroatoms. The van der Waals surface area contributed by atoms with E-state index < -0.39 is 29.7 Å². The van der Waals surface area contributed by atoms with Crippen LogP contribution in [0.4, 0.5) is 32.0 Å². The quantitative estimate of drug-likeness (QED) is 0.730. The second kappa shape index (κ2) is 3.31. The van der Waals surface area contributed by atoms with E-state index in [1.54, 1.807) is 5.10 Å². The van der Waals surface area contributed by atoms with Crippen LogP contribution in [0.5, 0.6) is 0 Å². The molecule has 0 saturated carbocycles. The van der Waals surface area contributed by atoms with Gasteiger partial charge in [0.2, 0.25) is 0 Å². The molecule has 15 heavy (non-hydrogen) atoms.